The first-order valence-corrected chi connectivity index (χ1v) is 10.5. The van der Waals surface area contributed by atoms with E-state index < -0.39 is 11.7 Å². The molecule has 9 heteroatoms. The van der Waals surface area contributed by atoms with Gasteiger partial charge >= 0.3 is 6.18 Å². The number of aromatic nitrogens is 2. The van der Waals surface area contributed by atoms with Crippen molar-refractivity contribution in [3.63, 3.8) is 0 Å². The lowest BCUT2D eigenvalue weighted by molar-refractivity contribution is -0.138. The molecule has 1 aliphatic heterocycles. The Bertz CT molecular complexity index is 914. The highest BCUT2D eigenvalue weighted by Crippen LogP contribution is 2.33. The molecule has 2 heterocycles. The molecule has 0 amide bonds. The van der Waals surface area contributed by atoms with Crippen molar-refractivity contribution in [2.24, 2.45) is 4.99 Å². The second kappa shape index (κ2) is 9.72. The number of piperidine rings is 1. The van der Waals surface area contributed by atoms with Crippen LogP contribution in [0, 0.1) is 13.8 Å². The van der Waals surface area contributed by atoms with Gasteiger partial charge in [-0.3, -0.25) is 4.99 Å². The lowest BCUT2D eigenvalue weighted by Gasteiger charge is -2.34. The monoisotopic (exact) mass is 437 g/mol. The fourth-order valence-corrected chi connectivity index (χ4v) is 3.98. The van der Waals surface area contributed by atoms with Crippen LogP contribution in [0.4, 0.5) is 13.2 Å². The van der Waals surface area contributed by atoms with Crippen molar-refractivity contribution in [2.75, 3.05) is 26.7 Å². The van der Waals surface area contributed by atoms with Gasteiger partial charge in [-0.15, -0.1) is 0 Å². The predicted octanol–water partition coefficient (Wildman–Crippen LogP) is 4.08. The first-order chi connectivity index (χ1) is 14.7. The van der Waals surface area contributed by atoms with Gasteiger partial charge in [-0.25, -0.2) is 4.68 Å². The minimum absolute atomic E-state index is 0.0320. The summed E-state index contributed by atoms with van der Waals surface area (Å²) in [7, 11) is 1.65. The number of nitrogens with one attached hydrogen (secondary N) is 1. The summed E-state index contributed by atoms with van der Waals surface area (Å²) >= 11 is 0. The molecule has 0 saturated carbocycles. The van der Waals surface area contributed by atoms with Crippen LogP contribution >= 0.6 is 0 Å². The van der Waals surface area contributed by atoms with E-state index in [0.29, 0.717) is 18.3 Å². The van der Waals surface area contributed by atoms with E-state index in [1.807, 2.05) is 26.8 Å². The molecule has 170 valence electrons. The number of halogens is 3. The number of rotatable bonds is 5. The van der Waals surface area contributed by atoms with E-state index in [4.69, 9.17) is 4.74 Å². The van der Waals surface area contributed by atoms with Crippen LogP contribution in [-0.4, -0.2) is 53.5 Å². The Balaban J connectivity index is 1.75. The highest BCUT2D eigenvalue weighted by Gasteiger charge is 2.34. The van der Waals surface area contributed by atoms with Gasteiger partial charge in [0, 0.05) is 39.0 Å². The van der Waals surface area contributed by atoms with Crippen molar-refractivity contribution in [1.82, 2.24) is 20.0 Å². The zero-order chi connectivity index (χ0) is 22.6. The van der Waals surface area contributed by atoms with E-state index in [9.17, 15) is 13.2 Å². The van der Waals surface area contributed by atoms with Gasteiger partial charge in [0.2, 0.25) is 0 Å². The lowest BCUT2D eigenvalue weighted by atomic mass is 10.1. The molecule has 1 fully saturated rings. The molecule has 0 atom stereocenters. The number of aliphatic imine (C=N–C) groups is 1. The molecular weight excluding hydrogens is 407 g/mol. The molecule has 0 aliphatic carbocycles. The molecule has 1 saturated heterocycles. The predicted molar refractivity (Wildman–Crippen MR) is 114 cm³/mol. The van der Waals surface area contributed by atoms with Crippen LogP contribution in [0.1, 0.15) is 42.3 Å². The van der Waals surface area contributed by atoms with E-state index in [0.717, 1.165) is 43.4 Å². The second-order valence-electron chi connectivity index (χ2n) is 7.72. The molecule has 0 spiro atoms. The number of benzene rings is 1. The maximum Gasteiger partial charge on any atom is 0.416 e. The van der Waals surface area contributed by atoms with E-state index in [2.05, 4.69) is 20.3 Å². The van der Waals surface area contributed by atoms with Gasteiger partial charge in [-0.2, -0.15) is 18.3 Å². The highest BCUT2D eigenvalue weighted by molar-refractivity contribution is 5.80. The molecule has 31 heavy (non-hydrogen) atoms. The highest BCUT2D eigenvalue weighted by atomic mass is 19.4. The van der Waals surface area contributed by atoms with Crippen molar-refractivity contribution >= 4 is 5.96 Å². The molecule has 6 nitrogen and oxygen atoms in total. The zero-order valence-electron chi connectivity index (χ0n) is 18.5. The van der Waals surface area contributed by atoms with Gasteiger partial charge in [-0.05, 0) is 57.4 Å². The summed E-state index contributed by atoms with van der Waals surface area (Å²) in [4.78, 5) is 6.33. The fourth-order valence-electron chi connectivity index (χ4n) is 3.98. The summed E-state index contributed by atoms with van der Waals surface area (Å²) in [5, 5.41) is 7.40. The first-order valence-electron chi connectivity index (χ1n) is 10.5. The molecule has 3 rings (SSSR count). The smallest absolute Gasteiger partial charge is 0.378 e. The Hall–Kier alpha value is -2.55. The lowest BCUT2D eigenvalue weighted by Crippen LogP contribution is -2.46. The van der Waals surface area contributed by atoms with E-state index >= 15 is 0 Å². The van der Waals surface area contributed by atoms with E-state index in [1.54, 1.807) is 13.1 Å². The Morgan fingerprint density at radius 3 is 2.48 bits per heavy atom. The number of hydrogen-bond acceptors (Lipinski definition) is 3. The van der Waals surface area contributed by atoms with Gasteiger partial charge < -0.3 is 15.0 Å². The maximum atomic E-state index is 13.8. The topological polar surface area (TPSA) is 54.7 Å². The average Bonchev–Trinajstić information content (AvgIpc) is 3.07. The molecule has 0 unspecified atom stereocenters. The quantitative estimate of drug-likeness (QED) is 0.566. The molecule has 1 aromatic carbocycles. The maximum absolute atomic E-state index is 13.8. The third-order valence-electron chi connectivity index (χ3n) is 5.45. The number of guanidine groups is 1. The van der Waals surface area contributed by atoms with Crippen LogP contribution in [0.2, 0.25) is 0 Å². The van der Waals surface area contributed by atoms with Crippen LogP contribution < -0.4 is 5.32 Å². The second-order valence-corrected chi connectivity index (χ2v) is 7.72. The SMILES string of the molecule is CCOC1CCN(C(=NC)NCc2ccc(-n3nc(C)cc3C)cc2C(F)(F)F)CC1. The Kier molecular flexibility index (Phi) is 7.25. The summed E-state index contributed by atoms with van der Waals surface area (Å²) in [5.74, 6) is 0.602. The van der Waals surface area contributed by atoms with Crippen molar-refractivity contribution < 1.29 is 17.9 Å². The standard InChI is InChI=1S/C22H30F3N5O/c1-5-31-19-8-10-29(11-9-19)21(26-4)27-14-17-6-7-18(13-20(17)22(23,24)25)30-16(3)12-15(2)28-30/h6-7,12-13,19H,5,8-11,14H2,1-4H3,(H,26,27). The molecule has 2 aromatic rings. The summed E-state index contributed by atoms with van der Waals surface area (Å²) < 4.78 is 48.6. The number of hydrogen-bond donors (Lipinski definition) is 1. The third kappa shape index (κ3) is 5.58. The molecular formula is C22H30F3N5O. The van der Waals surface area contributed by atoms with E-state index in [-0.39, 0.29) is 18.2 Å². The summed E-state index contributed by atoms with van der Waals surface area (Å²) in [6.45, 7) is 7.85. The first kappa shape index (κ1) is 23.1. The third-order valence-corrected chi connectivity index (χ3v) is 5.45. The zero-order valence-corrected chi connectivity index (χ0v) is 18.5. The normalized spacial score (nSPS) is 16.1. The summed E-state index contributed by atoms with van der Waals surface area (Å²) in [5.41, 5.74) is 1.43. The molecule has 1 aromatic heterocycles. The van der Waals surface area contributed by atoms with Gasteiger partial charge in [0.15, 0.2) is 5.96 Å². The Morgan fingerprint density at radius 1 is 1.23 bits per heavy atom. The molecule has 0 bridgehead atoms. The van der Waals surface area contributed by atoms with Gasteiger partial charge in [0.05, 0.1) is 23.0 Å². The number of likely N-dealkylation sites (tertiary alicyclic amines) is 1. The summed E-state index contributed by atoms with van der Waals surface area (Å²) in [6.07, 6.45) is -2.49. The fraction of sp³-hybridized carbons (Fsp3) is 0.545. The molecule has 1 aliphatic rings. The van der Waals surface area contributed by atoms with Crippen LogP contribution in [-0.2, 0) is 17.5 Å². The Morgan fingerprint density at radius 2 is 1.94 bits per heavy atom. The van der Waals surface area contributed by atoms with Crippen LogP contribution in [0.15, 0.2) is 29.3 Å². The number of nitrogens with zero attached hydrogens (tertiary/aromatic N) is 4. The van der Waals surface area contributed by atoms with Gasteiger partial charge in [0.25, 0.3) is 0 Å². The number of aryl methyl sites for hydroxylation is 2. The minimum atomic E-state index is -4.47. The minimum Gasteiger partial charge on any atom is -0.378 e. The van der Waals surface area contributed by atoms with E-state index in [1.165, 1.54) is 10.7 Å². The van der Waals surface area contributed by atoms with Crippen molar-refractivity contribution in [2.45, 2.75) is 52.4 Å². The molecule has 0 radical (unpaired) electrons. The number of ether oxygens (including phenoxy) is 1. The van der Waals surface area contributed by atoms with Crippen molar-refractivity contribution in [3.8, 4) is 5.69 Å². The Labute approximate surface area is 181 Å². The number of alkyl halides is 3. The average molecular weight is 438 g/mol. The van der Waals surface area contributed by atoms with Crippen molar-refractivity contribution in [1.29, 1.82) is 0 Å². The van der Waals surface area contributed by atoms with Crippen LogP contribution in [0.5, 0.6) is 0 Å². The molecule has 1 N–H and O–H groups in total. The largest absolute Gasteiger partial charge is 0.416 e. The van der Waals surface area contributed by atoms with Crippen LogP contribution in [0.3, 0.4) is 0 Å². The summed E-state index contributed by atoms with van der Waals surface area (Å²) in [6, 6.07) is 6.17. The van der Waals surface area contributed by atoms with Crippen molar-refractivity contribution in [3.05, 3.63) is 46.8 Å². The van der Waals surface area contributed by atoms with Gasteiger partial charge in [0.1, 0.15) is 0 Å². The van der Waals surface area contributed by atoms with Crippen LogP contribution in [0.25, 0.3) is 5.69 Å². The van der Waals surface area contributed by atoms with Gasteiger partial charge in [-0.1, -0.05) is 6.07 Å².